The van der Waals surface area contributed by atoms with Crippen LogP contribution in [0.25, 0.3) is 0 Å². The summed E-state index contributed by atoms with van der Waals surface area (Å²) in [6.45, 7) is 0.545. The minimum absolute atomic E-state index is 0.199. The second kappa shape index (κ2) is 6.62. The molecule has 1 aromatic carbocycles. The van der Waals surface area contributed by atoms with Gasteiger partial charge in [-0.15, -0.1) is 0 Å². The van der Waals surface area contributed by atoms with Crippen molar-refractivity contribution in [3.63, 3.8) is 0 Å². The summed E-state index contributed by atoms with van der Waals surface area (Å²) in [6, 6.07) is 11.4. The van der Waals surface area contributed by atoms with Crippen molar-refractivity contribution in [2.75, 3.05) is 0 Å². The van der Waals surface area contributed by atoms with Crippen LogP contribution in [0.2, 0.25) is 0 Å². The van der Waals surface area contributed by atoms with Crippen LogP contribution in [0, 0.1) is 0 Å². The van der Waals surface area contributed by atoms with Gasteiger partial charge in [0.05, 0.1) is 18.8 Å². The highest BCUT2D eigenvalue weighted by molar-refractivity contribution is 5.92. The predicted molar refractivity (Wildman–Crippen MR) is 80.9 cm³/mol. The molecule has 0 aliphatic heterocycles. The molecule has 3 rings (SSSR count). The van der Waals surface area contributed by atoms with Crippen LogP contribution in [0.1, 0.15) is 22.1 Å². The van der Waals surface area contributed by atoms with Crippen molar-refractivity contribution in [2.24, 2.45) is 0 Å². The molecule has 1 N–H and O–H groups in total. The number of carbonyl (C=O) groups excluding carboxylic acids is 1. The van der Waals surface area contributed by atoms with E-state index in [1.54, 1.807) is 10.9 Å². The van der Waals surface area contributed by atoms with Gasteiger partial charge < -0.3 is 5.32 Å². The molecule has 0 aliphatic rings. The first-order valence-corrected chi connectivity index (χ1v) is 6.92. The van der Waals surface area contributed by atoms with E-state index in [2.05, 4.69) is 20.4 Å². The third kappa shape index (κ3) is 3.35. The van der Waals surface area contributed by atoms with Crippen molar-refractivity contribution < 1.29 is 4.79 Å². The molecule has 0 radical (unpaired) electrons. The summed E-state index contributed by atoms with van der Waals surface area (Å²) in [5.74, 6) is -0.255. The van der Waals surface area contributed by atoms with Gasteiger partial charge in [0.2, 0.25) is 0 Å². The molecule has 0 saturated carbocycles. The van der Waals surface area contributed by atoms with E-state index in [0.717, 1.165) is 5.56 Å². The number of nitrogens with one attached hydrogen (secondary N) is 1. The van der Waals surface area contributed by atoms with Gasteiger partial charge in [0, 0.05) is 24.8 Å². The zero-order valence-electron chi connectivity index (χ0n) is 11.8. The zero-order valence-corrected chi connectivity index (χ0v) is 11.8. The average Bonchev–Trinajstić information content (AvgIpc) is 3.09. The molecule has 0 bridgehead atoms. The summed E-state index contributed by atoms with van der Waals surface area (Å²) in [7, 11) is 0. The Morgan fingerprint density at radius 2 is 2.00 bits per heavy atom. The minimum atomic E-state index is -0.255. The smallest absolute Gasteiger partial charge is 0.272 e. The van der Waals surface area contributed by atoms with Crippen molar-refractivity contribution >= 4 is 5.91 Å². The number of aromatic nitrogens is 4. The van der Waals surface area contributed by atoms with Gasteiger partial charge in [0.15, 0.2) is 0 Å². The van der Waals surface area contributed by atoms with Crippen LogP contribution in [0.15, 0.2) is 67.4 Å². The Hall–Kier alpha value is -3.02. The molecule has 0 spiro atoms. The number of nitrogens with zero attached hydrogens (tertiary/aromatic N) is 4. The summed E-state index contributed by atoms with van der Waals surface area (Å²) in [4.78, 5) is 20.3. The first-order valence-electron chi connectivity index (χ1n) is 6.92. The van der Waals surface area contributed by atoms with Crippen LogP contribution in [0.5, 0.6) is 0 Å². The van der Waals surface area contributed by atoms with E-state index in [0.29, 0.717) is 12.2 Å². The predicted octanol–water partition coefficient (Wildman–Crippen LogP) is 1.84. The van der Waals surface area contributed by atoms with Crippen LogP contribution < -0.4 is 5.32 Å². The molecule has 0 aliphatic carbocycles. The molecule has 1 amide bonds. The van der Waals surface area contributed by atoms with Crippen LogP contribution >= 0.6 is 0 Å². The number of hydrogen-bond acceptors (Lipinski definition) is 4. The fraction of sp³-hybridized carbons (Fsp3) is 0.125. The maximum Gasteiger partial charge on any atom is 0.272 e. The van der Waals surface area contributed by atoms with Gasteiger partial charge in [-0.25, -0.2) is 4.98 Å². The van der Waals surface area contributed by atoms with Gasteiger partial charge in [0.25, 0.3) is 5.91 Å². The number of amides is 1. The molecule has 3 aromatic rings. The fourth-order valence-corrected chi connectivity index (χ4v) is 2.16. The Bertz CT molecular complexity index is 713. The van der Waals surface area contributed by atoms with Crippen LogP contribution in [0.4, 0.5) is 0 Å². The molecule has 6 nitrogen and oxygen atoms in total. The Morgan fingerprint density at radius 3 is 2.68 bits per heavy atom. The fourth-order valence-electron chi connectivity index (χ4n) is 2.16. The number of carbonyl (C=O) groups is 1. The zero-order chi connectivity index (χ0) is 15.2. The Labute approximate surface area is 127 Å². The summed E-state index contributed by atoms with van der Waals surface area (Å²) in [5.41, 5.74) is 1.30. The normalized spacial score (nSPS) is 11.8. The average molecular weight is 293 g/mol. The van der Waals surface area contributed by atoms with Crippen molar-refractivity contribution in [1.29, 1.82) is 0 Å². The molecule has 0 fully saturated rings. The molecular formula is C16H15N5O. The van der Waals surface area contributed by atoms with Gasteiger partial charge in [-0.1, -0.05) is 30.3 Å². The Balaban J connectivity index is 1.81. The SMILES string of the molecule is O=C(N[C@@H](Cn1cccn1)c1ccccc1)c1cnccn1. The first-order chi connectivity index (χ1) is 10.8. The third-order valence-electron chi connectivity index (χ3n) is 3.23. The monoisotopic (exact) mass is 293 g/mol. The molecule has 110 valence electrons. The second-order valence-corrected chi connectivity index (χ2v) is 4.76. The molecule has 2 heterocycles. The van der Waals surface area contributed by atoms with Crippen molar-refractivity contribution in [3.05, 3.63) is 78.6 Å². The molecule has 22 heavy (non-hydrogen) atoms. The van der Waals surface area contributed by atoms with Crippen molar-refractivity contribution in [3.8, 4) is 0 Å². The van der Waals surface area contributed by atoms with E-state index in [9.17, 15) is 4.79 Å². The van der Waals surface area contributed by atoms with Gasteiger partial charge in [-0.05, 0) is 11.6 Å². The largest absolute Gasteiger partial charge is 0.342 e. The summed E-state index contributed by atoms with van der Waals surface area (Å²) in [6.07, 6.45) is 8.07. The van der Waals surface area contributed by atoms with E-state index < -0.39 is 0 Å². The molecule has 6 heteroatoms. The molecule has 1 atom stereocenters. The standard InChI is InChI=1S/C16H15N5O/c22-16(14-11-17-8-9-18-14)20-15(12-21-10-4-7-19-21)13-5-2-1-3-6-13/h1-11,15H,12H2,(H,20,22)/t15-/m0/s1. The molecule has 0 saturated heterocycles. The van der Waals surface area contributed by atoms with Crippen molar-refractivity contribution in [1.82, 2.24) is 25.1 Å². The summed E-state index contributed by atoms with van der Waals surface area (Å²) >= 11 is 0. The summed E-state index contributed by atoms with van der Waals surface area (Å²) in [5, 5.41) is 7.18. The number of rotatable bonds is 5. The lowest BCUT2D eigenvalue weighted by molar-refractivity contribution is 0.0926. The lowest BCUT2D eigenvalue weighted by Gasteiger charge is -2.19. The van der Waals surface area contributed by atoms with Crippen molar-refractivity contribution in [2.45, 2.75) is 12.6 Å². The topological polar surface area (TPSA) is 72.7 Å². The quantitative estimate of drug-likeness (QED) is 0.779. The van der Waals surface area contributed by atoms with Crippen LogP contribution in [0.3, 0.4) is 0 Å². The maximum atomic E-state index is 12.3. The molecular weight excluding hydrogens is 278 g/mol. The molecule has 0 unspecified atom stereocenters. The van der Waals surface area contributed by atoms with E-state index in [1.807, 2.05) is 42.6 Å². The van der Waals surface area contributed by atoms with E-state index in [1.165, 1.54) is 18.6 Å². The van der Waals surface area contributed by atoms with Gasteiger partial charge in [-0.2, -0.15) is 5.10 Å². The first kappa shape index (κ1) is 13.9. The van der Waals surface area contributed by atoms with Crippen LogP contribution in [-0.4, -0.2) is 25.7 Å². The Morgan fingerprint density at radius 1 is 1.14 bits per heavy atom. The van der Waals surface area contributed by atoms with E-state index in [4.69, 9.17) is 0 Å². The number of hydrogen-bond donors (Lipinski definition) is 1. The van der Waals surface area contributed by atoms with Gasteiger partial charge in [0.1, 0.15) is 5.69 Å². The van der Waals surface area contributed by atoms with Gasteiger partial charge >= 0.3 is 0 Å². The van der Waals surface area contributed by atoms with Gasteiger partial charge in [-0.3, -0.25) is 14.5 Å². The van der Waals surface area contributed by atoms with E-state index in [-0.39, 0.29) is 11.9 Å². The molecule has 2 aromatic heterocycles. The highest BCUT2D eigenvalue weighted by atomic mass is 16.1. The highest BCUT2D eigenvalue weighted by Gasteiger charge is 2.17. The third-order valence-corrected chi connectivity index (χ3v) is 3.23. The van der Waals surface area contributed by atoms with Crippen LogP contribution in [-0.2, 0) is 6.54 Å². The Kier molecular flexibility index (Phi) is 4.20. The maximum absolute atomic E-state index is 12.3. The van der Waals surface area contributed by atoms with E-state index >= 15 is 0 Å². The lowest BCUT2D eigenvalue weighted by Crippen LogP contribution is -2.32. The highest BCUT2D eigenvalue weighted by Crippen LogP contribution is 2.15. The number of benzene rings is 1. The lowest BCUT2D eigenvalue weighted by atomic mass is 10.1. The second-order valence-electron chi connectivity index (χ2n) is 4.76. The minimum Gasteiger partial charge on any atom is -0.342 e. The summed E-state index contributed by atoms with van der Waals surface area (Å²) < 4.78 is 1.79.